The fourth-order valence-electron chi connectivity index (χ4n) is 1.19. The molecule has 0 bridgehead atoms. The number of aliphatic carboxylic acids is 1. The van der Waals surface area contributed by atoms with E-state index in [-0.39, 0.29) is 12.2 Å². The van der Waals surface area contributed by atoms with E-state index in [0.29, 0.717) is 0 Å². The van der Waals surface area contributed by atoms with Crippen molar-refractivity contribution in [3.05, 3.63) is 17.9 Å². The first-order valence-corrected chi connectivity index (χ1v) is 6.44. The van der Waals surface area contributed by atoms with Crippen LogP contribution in [0.25, 0.3) is 0 Å². The molecule has 0 spiro atoms. The molecule has 0 amide bonds. The number of aliphatic hydroxyl groups is 2. The van der Waals surface area contributed by atoms with E-state index < -0.39 is 40.3 Å². The molecular weight excluding hydrogens is 266 g/mol. The molecule has 4 N–H and O–H groups in total. The molecule has 1 heterocycles. The number of hydrogen-bond donors (Lipinski definition) is 4. The topological polar surface area (TPSA) is 137 Å². The first-order valence-electron chi connectivity index (χ1n) is 4.96. The van der Waals surface area contributed by atoms with Gasteiger partial charge in [-0.2, -0.15) is 4.72 Å². The Kier molecular flexibility index (Phi) is 4.84. The summed E-state index contributed by atoms with van der Waals surface area (Å²) in [6.07, 6.45) is -0.262. The van der Waals surface area contributed by atoms with Crippen molar-refractivity contribution in [3.63, 3.8) is 0 Å². The SMILES string of the molecule is O=C(O)[C@H](CCO)NS(=O)(=O)c1ccc(CO)o1. The Hall–Kier alpha value is -1.42. The Bertz CT molecular complexity index is 507. The predicted molar refractivity (Wildman–Crippen MR) is 58.1 cm³/mol. The summed E-state index contributed by atoms with van der Waals surface area (Å²) in [4.78, 5) is 10.8. The molecule has 0 radical (unpaired) electrons. The molecule has 0 aromatic carbocycles. The van der Waals surface area contributed by atoms with E-state index in [9.17, 15) is 13.2 Å². The summed E-state index contributed by atoms with van der Waals surface area (Å²) < 4.78 is 30.1. The van der Waals surface area contributed by atoms with E-state index in [1.165, 1.54) is 6.07 Å². The largest absolute Gasteiger partial charge is 0.480 e. The number of hydrogen-bond acceptors (Lipinski definition) is 6. The Labute approximate surface area is 103 Å². The monoisotopic (exact) mass is 279 g/mol. The third-order valence-corrected chi connectivity index (χ3v) is 3.41. The molecule has 1 atom stereocenters. The lowest BCUT2D eigenvalue weighted by molar-refractivity contribution is -0.139. The quantitative estimate of drug-likeness (QED) is 0.496. The Morgan fingerprint density at radius 2 is 2.06 bits per heavy atom. The summed E-state index contributed by atoms with van der Waals surface area (Å²) in [5, 5.41) is 25.6. The fourth-order valence-corrected chi connectivity index (χ4v) is 2.37. The summed E-state index contributed by atoms with van der Waals surface area (Å²) >= 11 is 0. The van der Waals surface area contributed by atoms with Crippen molar-refractivity contribution in [2.75, 3.05) is 6.61 Å². The van der Waals surface area contributed by atoms with E-state index >= 15 is 0 Å². The molecule has 8 nitrogen and oxygen atoms in total. The van der Waals surface area contributed by atoms with Crippen LogP contribution in [-0.4, -0.2) is 42.4 Å². The highest BCUT2D eigenvalue weighted by atomic mass is 32.2. The zero-order valence-electron chi connectivity index (χ0n) is 9.24. The van der Waals surface area contributed by atoms with E-state index in [0.717, 1.165) is 6.07 Å². The standard InChI is InChI=1S/C9H13NO7S/c11-4-3-7(9(13)14)10-18(15,16)8-2-1-6(5-12)17-8/h1-2,7,10-12H,3-5H2,(H,13,14)/t7-/m0/s1. The lowest BCUT2D eigenvalue weighted by Gasteiger charge is -2.11. The van der Waals surface area contributed by atoms with E-state index in [1.807, 2.05) is 4.72 Å². The molecule has 0 aliphatic rings. The van der Waals surface area contributed by atoms with Crippen molar-refractivity contribution in [2.24, 2.45) is 0 Å². The maximum atomic E-state index is 11.7. The van der Waals surface area contributed by atoms with Gasteiger partial charge in [-0.3, -0.25) is 4.79 Å². The van der Waals surface area contributed by atoms with Crippen LogP contribution in [0.2, 0.25) is 0 Å². The zero-order chi connectivity index (χ0) is 13.8. The molecule has 1 aromatic heterocycles. The molecule has 0 aliphatic heterocycles. The maximum absolute atomic E-state index is 11.7. The van der Waals surface area contributed by atoms with E-state index in [1.54, 1.807) is 0 Å². The number of carboxylic acid groups (broad SMARTS) is 1. The first kappa shape index (κ1) is 14.6. The molecule has 1 rings (SSSR count). The second-order valence-electron chi connectivity index (χ2n) is 3.40. The van der Waals surface area contributed by atoms with Crippen molar-refractivity contribution in [1.82, 2.24) is 4.72 Å². The van der Waals surface area contributed by atoms with E-state index in [2.05, 4.69) is 0 Å². The summed E-state index contributed by atoms with van der Waals surface area (Å²) in [6.45, 7) is -0.936. The highest BCUT2D eigenvalue weighted by Crippen LogP contribution is 2.14. The van der Waals surface area contributed by atoms with Gasteiger partial charge in [-0.05, 0) is 18.6 Å². The highest BCUT2D eigenvalue weighted by Gasteiger charge is 2.27. The van der Waals surface area contributed by atoms with Crippen LogP contribution in [0.5, 0.6) is 0 Å². The minimum atomic E-state index is -4.14. The number of sulfonamides is 1. The molecule has 0 saturated carbocycles. The van der Waals surface area contributed by atoms with Crippen LogP contribution >= 0.6 is 0 Å². The summed E-state index contributed by atoms with van der Waals surface area (Å²) in [5.41, 5.74) is 0. The van der Waals surface area contributed by atoms with Gasteiger partial charge >= 0.3 is 5.97 Å². The van der Waals surface area contributed by atoms with Gasteiger partial charge in [0.25, 0.3) is 10.0 Å². The average molecular weight is 279 g/mol. The Balaban J connectivity index is 2.89. The summed E-state index contributed by atoms with van der Waals surface area (Å²) in [6, 6.07) is 0.921. The Morgan fingerprint density at radius 3 is 2.50 bits per heavy atom. The second kappa shape index (κ2) is 5.96. The Morgan fingerprint density at radius 1 is 1.39 bits per heavy atom. The molecular formula is C9H13NO7S. The van der Waals surface area contributed by atoms with Gasteiger partial charge in [0, 0.05) is 6.61 Å². The maximum Gasteiger partial charge on any atom is 0.321 e. The summed E-state index contributed by atoms with van der Waals surface area (Å²) in [5.74, 6) is -1.36. The third kappa shape index (κ3) is 3.53. The molecule has 1 aromatic rings. The molecule has 0 aliphatic carbocycles. The van der Waals surface area contributed by atoms with Crippen LogP contribution in [0.3, 0.4) is 0 Å². The lowest BCUT2D eigenvalue weighted by Crippen LogP contribution is -2.41. The molecule has 102 valence electrons. The normalized spacial score (nSPS) is 13.4. The van der Waals surface area contributed by atoms with Crippen molar-refractivity contribution < 1.29 is 32.9 Å². The van der Waals surface area contributed by atoms with Crippen molar-refractivity contribution in [2.45, 2.75) is 24.2 Å². The number of carbonyl (C=O) groups is 1. The van der Waals surface area contributed by atoms with Gasteiger partial charge in [0.05, 0.1) is 0 Å². The molecule has 0 fully saturated rings. The van der Waals surface area contributed by atoms with Gasteiger partial charge < -0.3 is 19.7 Å². The number of rotatable bonds is 7. The molecule has 0 unspecified atom stereocenters. The highest BCUT2D eigenvalue weighted by molar-refractivity contribution is 7.89. The van der Waals surface area contributed by atoms with Crippen LogP contribution in [0.15, 0.2) is 21.6 Å². The number of aliphatic hydroxyl groups excluding tert-OH is 2. The van der Waals surface area contributed by atoms with E-state index in [4.69, 9.17) is 19.7 Å². The molecule has 0 saturated heterocycles. The molecule has 18 heavy (non-hydrogen) atoms. The van der Waals surface area contributed by atoms with Gasteiger partial charge in [0.1, 0.15) is 18.4 Å². The average Bonchev–Trinajstić information content (AvgIpc) is 2.77. The van der Waals surface area contributed by atoms with Crippen molar-refractivity contribution >= 4 is 16.0 Å². The van der Waals surface area contributed by atoms with Crippen molar-refractivity contribution in [1.29, 1.82) is 0 Å². The first-order chi connectivity index (χ1) is 8.40. The van der Waals surface area contributed by atoms with Crippen LogP contribution in [0.4, 0.5) is 0 Å². The van der Waals surface area contributed by atoms with Gasteiger partial charge in [-0.15, -0.1) is 0 Å². The smallest absolute Gasteiger partial charge is 0.321 e. The van der Waals surface area contributed by atoms with Gasteiger partial charge in [-0.25, -0.2) is 8.42 Å². The van der Waals surface area contributed by atoms with Crippen LogP contribution in [0, 0.1) is 0 Å². The number of furan rings is 1. The van der Waals surface area contributed by atoms with Crippen LogP contribution in [-0.2, 0) is 21.4 Å². The second-order valence-corrected chi connectivity index (χ2v) is 5.05. The van der Waals surface area contributed by atoms with Crippen molar-refractivity contribution in [3.8, 4) is 0 Å². The number of carboxylic acids is 1. The van der Waals surface area contributed by atoms with Gasteiger partial charge in [0.2, 0.25) is 5.09 Å². The van der Waals surface area contributed by atoms with Crippen LogP contribution in [0.1, 0.15) is 12.2 Å². The zero-order valence-corrected chi connectivity index (χ0v) is 10.1. The third-order valence-electron chi connectivity index (χ3n) is 2.07. The minimum absolute atomic E-state index is 0.0457. The minimum Gasteiger partial charge on any atom is -0.480 e. The van der Waals surface area contributed by atoms with Gasteiger partial charge in [0.15, 0.2) is 0 Å². The van der Waals surface area contributed by atoms with Crippen LogP contribution < -0.4 is 4.72 Å². The predicted octanol–water partition coefficient (Wildman–Crippen LogP) is -1.11. The molecule has 9 heteroatoms. The lowest BCUT2D eigenvalue weighted by atomic mass is 10.2. The van der Waals surface area contributed by atoms with Gasteiger partial charge in [-0.1, -0.05) is 0 Å². The number of nitrogens with one attached hydrogen (secondary N) is 1. The summed E-state index contributed by atoms with van der Waals surface area (Å²) in [7, 11) is -4.14. The fraction of sp³-hybridized carbons (Fsp3) is 0.444.